The van der Waals surface area contributed by atoms with Crippen molar-refractivity contribution in [3.8, 4) is 0 Å². The first-order valence-corrected chi connectivity index (χ1v) is 8.58. The Hall–Kier alpha value is -1.82. The van der Waals surface area contributed by atoms with Crippen molar-refractivity contribution in [2.75, 3.05) is 5.32 Å². The number of nitrogens with one attached hydrogen (secondary N) is 1. The van der Waals surface area contributed by atoms with Gasteiger partial charge < -0.3 is 5.32 Å². The van der Waals surface area contributed by atoms with Gasteiger partial charge in [0.1, 0.15) is 0 Å². The fourth-order valence-electron chi connectivity index (χ4n) is 2.67. The number of nitrogens with two attached hydrogens (primary N) is 1. The SMILES string of the molecule is NS(=O)(=O)c1cc(NC(=O)[C@@H]2CCC(F)(F)CC2C(F)(F)F)ccn1. The Morgan fingerprint density at radius 2 is 2.00 bits per heavy atom. The third-order valence-electron chi connectivity index (χ3n) is 3.88. The molecule has 3 N–H and O–H groups in total. The lowest BCUT2D eigenvalue weighted by molar-refractivity contribution is -0.221. The van der Waals surface area contributed by atoms with Crippen molar-refractivity contribution in [3.63, 3.8) is 0 Å². The molecular weight excluding hydrogens is 373 g/mol. The van der Waals surface area contributed by atoms with Crippen LogP contribution in [0.3, 0.4) is 0 Å². The van der Waals surface area contributed by atoms with E-state index in [1.807, 2.05) is 0 Å². The lowest BCUT2D eigenvalue weighted by Crippen LogP contribution is -2.45. The molecule has 0 radical (unpaired) electrons. The van der Waals surface area contributed by atoms with E-state index < -0.39 is 64.2 Å². The molecule has 1 aromatic rings. The number of hydrogen-bond acceptors (Lipinski definition) is 4. The van der Waals surface area contributed by atoms with Crippen LogP contribution < -0.4 is 10.5 Å². The maximum absolute atomic E-state index is 13.3. The second-order valence-corrected chi connectivity index (χ2v) is 7.28. The van der Waals surface area contributed by atoms with E-state index in [4.69, 9.17) is 5.14 Å². The minimum absolute atomic E-state index is 0.151. The van der Waals surface area contributed by atoms with Crippen molar-refractivity contribution in [1.29, 1.82) is 0 Å². The molecule has 0 saturated heterocycles. The van der Waals surface area contributed by atoms with E-state index in [2.05, 4.69) is 10.3 Å². The second kappa shape index (κ2) is 6.48. The topological polar surface area (TPSA) is 102 Å². The molecule has 1 heterocycles. The smallest absolute Gasteiger partial charge is 0.326 e. The van der Waals surface area contributed by atoms with E-state index in [-0.39, 0.29) is 5.69 Å². The van der Waals surface area contributed by atoms with Crippen LogP contribution in [0, 0.1) is 11.8 Å². The van der Waals surface area contributed by atoms with Gasteiger partial charge in [-0.1, -0.05) is 0 Å². The summed E-state index contributed by atoms with van der Waals surface area (Å²) in [6.07, 6.45) is -6.92. The van der Waals surface area contributed by atoms with Gasteiger partial charge in [-0.3, -0.25) is 4.79 Å². The van der Waals surface area contributed by atoms with E-state index in [0.29, 0.717) is 0 Å². The van der Waals surface area contributed by atoms with Crippen LogP contribution in [0.5, 0.6) is 0 Å². The maximum Gasteiger partial charge on any atom is 0.392 e. The van der Waals surface area contributed by atoms with Gasteiger partial charge in [-0.25, -0.2) is 27.3 Å². The number of alkyl halides is 5. The summed E-state index contributed by atoms with van der Waals surface area (Å²) in [4.78, 5) is 15.6. The third kappa shape index (κ3) is 4.84. The Balaban J connectivity index is 2.22. The molecule has 0 aliphatic heterocycles. The van der Waals surface area contributed by atoms with Crippen LogP contribution in [0.15, 0.2) is 23.4 Å². The number of amides is 1. The van der Waals surface area contributed by atoms with Crippen molar-refractivity contribution >= 4 is 21.6 Å². The summed E-state index contributed by atoms with van der Waals surface area (Å²) in [6.45, 7) is 0. The monoisotopic (exact) mass is 387 g/mol. The van der Waals surface area contributed by atoms with E-state index in [9.17, 15) is 35.2 Å². The van der Waals surface area contributed by atoms with E-state index in [1.165, 1.54) is 0 Å². The predicted molar refractivity (Wildman–Crippen MR) is 76.1 cm³/mol. The van der Waals surface area contributed by atoms with E-state index in [0.717, 1.165) is 18.3 Å². The van der Waals surface area contributed by atoms with Gasteiger partial charge in [0, 0.05) is 30.8 Å². The van der Waals surface area contributed by atoms with Crippen molar-refractivity contribution in [1.82, 2.24) is 4.98 Å². The molecule has 0 aromatic carbocycles. The summed E-state index contributed by atoms with van der Waals surface area (Å²) in [5.41, 5.74) is -0.151. The van der Waals surface area contributed by atoms with E-state index in [1.54, 1.807) is 0 Å². The fourth-order valence-corrected chi connectivity index (χ4v) is 3.17. The Bertz CT molecular complexity index is 766. The molecule has 0 spiro atoms. The van der Waals surface area contributed by atoms with Gasteiger partial charge in [0.05, 0.1) is 11.8 Å². The largest absolute Gasteiger partial charge is 0.392 e. The number of carbonyl (C=O) groups excluding carboxylic acids is 1. The quantitative estimate of drug-likeness (QED) is 0.777. The summed E-state index contributed by atoms with van der Waals surface area (Å²) in [5.74, 6) is -8.81. The number of primary sulfonamides is 1. The number of sulfonamides is 1. The Morgan fingerprint density at radius 1 is 1.36 bits per heavy atom. The van der Waals surface area contributed by atoms with Crippen LogP contribution in [0.1, 0.15) is 19.3 Å². The average Bonchev–Trinajstić information content (AvgIpc) is 2.44. The highest BCUT2D eigenvalue weighted by Gasteiger charge is 2.55. The zero-order chi connectivity index (χ0) is 19.0. The zero-order valence-corrected chi connectivity index (χ0v) is 13.4. The third-order valence-corrected chi connectivity index (χ3v) is 4.68. The zero-order valence-electron chi connectivity index (χ0n) is 12.6. The van der Waals surface area contributed by atoms with Gasteiger partial charge in [0.15, 0.2) is 5.03 Å². The van der Waals surface area contributed by atoms with Crippen LogP contribution in [-0.4, -0.2) is 31.4 Å². The average molecular weight is 387 g/mol. The number of hydrogen-bond donors (Lipinski definition) is 2. The summed E-state index contributed by atoms with van der Waals surface area (Å²) in [6, 6.07) is 2.01. The number of halogens is 5. The number of rotatable bonds is 3. The Kier molecular flexibility index (Phi) is 5.06. The summed E-state index contributed by atoms with van der Waals surface area (Å²) in [5, 5.41) is 6.39. The van der Waals surface area contributed by atoms with E-state index >= 15 is 0 Å². The Labute approximate surface area is 139 Å². The van der Waals surface area contributed by atoms with Crippen molar-refractivity contribution in [2.45, 2.75) is 36.4 Å². The van der Waals surface area contributed by atoms with Crippen LogP contribution in [-0.2, 0) is 14.8 Å². The molecule has 140 valence electrons. The molecule has 1 fully saturated rings. The van der Waals surface area contributed by atoms with Gasteiger partial charge in [-0.2, -0.15) is 13.2 Å². The summed E-state index contributed by atoms with van der Waals surface area (Å²) < 4.78 is 88.1. The van der Waals surface area contributed by atoms with Gasteiger partial charge in [-0.15, -0.1) is 0 Å². The molecule has 1 aliphatic carbocycles. The first kappa shape index (κ1) is 19.5. The van der Waals surface area contributed by atoms with Crippen LogP contribution in [0.4, 0.5) is 27.6 Å². The number of anilines is 1. The summed E-state index contributed by atoms with van der Waals surface area (Å²) >= 11 is 0. The number of carbonyl (C=O) groups is 1. The number of aromatic nitrogens is 1. The van der Waals surface area contributed by atoms with Crippen molar-refractivity contribution in [2.24, 2.45) is 17.0 Å². The number of nitrogens with zero attached hydrogens (tertiary/aromatic N) is 1. The molecule has 1 unspecified atom stereocenters. The van der Waals surface area contributed by atoms with Gasteiger partial charge in [0.2, 0.25) is 11.8 Å². The molecule has 6 nitrogen and oxygen atoms in total. The fraction of sp³-hybridized carbons (Fsp3) is 0.538. The highest BCUT2D eigenvalue weighted by Crippen LogP contribution is 2.47. The van der Waals surface area contributed by atoms with Crippen molar-refractivity contribution in [3.05, 3.63) is 18.3 Å². The second-order valence-electron chi connectivity index (χ2n) is 5.77. The molecule has 1 aromatic heterocycles. The van der Waals surface area contributed by atoms with Crippen LogP contribution in [0.25, 0.3) is 0 Å². The number of pyridine rings is 1. The minimum Gasteiger partial charge on any atom is -0.326 e. The lowest BCUT2D eigenvalue weighted by atomic mass is 9.76. The van der Waals surface area contributed by atoms with Gasteiger partial charge in [0.25, 0.3) is 10.0 Å². The van der Waals surface area contributed by atoms with Crippen molar-refractivity contribution < 1.29 is 35.2 Å². The molecule has 25 heavy (non-hydrogen) atoms. The molecule has 2 rings (SSSR count). The molecule has 0 bridgehead atoms. The molecule has 12 heteroatoms. The highest BCUT2D eigenvalue weighted by atomic mass is 32.2. The normalized spacial score (nSPS) is 23.9. The molecule has 1 amide bonds. The predicted octanol–water partition coefficient (Wildman–Crippen LogP) is 2.28. The molecule has 1 aliphatic rings. The summed E-state index contributed by atoms with van der Waals surface area (Å²) in [7, 11) is -4.18. The van der Waals surface area contributed by atoms with Gasteiger partial charge in [-0.05, 0) is 12.5 Å². The lowest BCUT2D eigenvalue weighted by Gasteiger charge is -2.36. The maximum atomic E-state index is 13.3. The minimum atomic E-state index is -4.96. The van der Waals surface area contributed by atoms with Crippen LogP contribution >= 0.6 is 0 Å². The molecular formula is C13H14F5N3O3S. The molecule has 2 atom stereocenters. The first-order chi connectivity index (χ1) is 11.3. The van der Waals surface area contributed by atoms with Crippen LogP contribution in [0.2, 0.25) is 0 Å². The Morgan fingerprint density at radius 3 is 2.56 bits per heavy atom. The standard InChI is InChI=1S/C13H14F5N3O3S/c14-12(15)3-1-8(9(6-12)13(16,17)18)11(22)21-7-2-4-20-10(5-7)25(19,23)24/h2,4-5,8-9H,1,3,6H2,(H2,19,23,24)(H,20,21,22)/t8-,9?/m1/s1. The highest BCUT2D eigenvalue weighted by molar-refractivity contribution is 7.89. The van der Waals surface area contributed by atoms with Gasteiger partial charge >= 0.3 is 6.18 Å². The molecule has 1 saturated carbocycles. The first-order valence-electron chi connectivity index (χ1n) is 7.04.